The fraction of sp³-hybridized carbons (Fsp3) is 0.308. The number of nitrogens with one attached hydrogen (secondary N) is 1. The predicted molar refractivity (Wildman–Crippen MR) is 130 cm³/mol. The van der Waals surface area contributed by atoms with Crippen LogP contribution in [0.3, 0.4) is 0 Å². The first-order chi connectivity index (χ1) is 15.0. The van der Waals surface area contributed by atoms with Crippen LogP contribution >= 0.6 is 0 Å². The van der Waals surface area contributed by atoms with Crippen LogP contribution in [0.15, 0.2) is 54.6 Å². The first kappa shape index (κ1) is 21.1. The molecule has 2 aromatic carbocycles. The molecule has 1 aliphatic rings. The third-order valence-electron chi connectivity index (χ3n) is 5.87. The molecule has 1 amide bonds. The van der Waals surface area contributed by atoms with Gasteiger partial charge in [-0.3, -0.25) is 4.79 Å². The lowest BCUT2D eigenvalue weighted by molar-refractivity contribution is -0.111. The minimum atomic E-state index is -0.143. The van der Waals surface area contributed by atoms with Gasteiger partial charge < -0.3 is 15.1 Å². The predicted octanol–water partition coefficient (Wildman–Crippen LogP) is 4.65. The van der Waals surface area contributed by atoms with E-state index in [-0.39, 0.29) is 5.91 Å². The molecule has 2 heterocycles. The van der Waals surface area contributed by atoms with Gasteiger partial charge in [-0.1, -0.05) is 36.8 Å². The van der Waals surface area contributed by atoms with Crippen molar-refractivity contribution in [2.45, 2.75) is 20.8 Å². The number of anilines is 2. The Bertz CT molecular complexity index is 1100. The Morgan fingerprint density at radius 2 is 1.77 bits per heavy atom. The molecule has 0 saturated carbocycles. The fourth-order valence-corrected chi connectivity index (χ4v) is 3.98. The van der Waals surface area contributed by atoms with Crippen molar-refractivity contribution in [1.82, 2.24) is 9.88 Å². The molecule has 3 aromatic rings. The van der Waals surface area contributed by atoms with Crippen LogP contribution in [0.25, 0.3) is 17.0 Å². The lowest BCUT2D eigenvalue weighted by Gasteiger charge is -2.35. The number of nitrogens with zero attached hydrogens (tertiary/aromatic N) is 3. The van der Waals surface area contributed by atoms with Gasteiger partial charge in [0.1, 0.15) is 5.82 Å². The number of hydrogen-bond donors (Lipinski definition) is 1. The number of fused-ring (bicyclic) bond motifs is 1. The van der Waals surface area contributed by atoms with Crippen LogP contribution in [0, 0.1) is 13.8 Å². The molecule has 1 fully saturated rings. The number of piperazine rings is 1. The van der Waals surface area contributed by atoms with E-state index in [1.165, 1.54) is 11.1 Å². The molecule has 0 bridgehead atoms. The molecular weight excluding hydrogens is 384 g/mol. The van der Waals surface area contributed by atoms with E-state index in [0.717, 1.165) is 60.7 Å². The zero-order valence-electron chi connectivity index (χ0n) is 18.6. The van der Waals surface area contributed by atoms with Crippen molar-refractivity contribution in [3.8, 4) is 0 Å². The van der Waals surface area contributed by atoms with E-state index >= 15 is 0 Å². The molecule has 0 atom stereocenters. The van der Waals surface area contributed by atoms with Gasteiger partial charge in [0.05, 0.1) is 5.52 Å². The smallest absolute Gasteiger partial charge is 0.248 e. The van der Waals surface area contributed by atoms with Gasteiger partial charge >= 0.3 is 0 Å². The molecule has 0 spiro atoms. The number of aromatic nitrogens is 1. The summed E-state index contributed by atoms with van der Waals surface area (Å²) in [6, 6.07) is 16.1. The topological polar surface area (TPSA) is 48.5 Å². The van der Waals surface area contributed by atoms with Crippen LogP contribution in [-0.4, -0.2) is 48.5 Å². The molecule has 1 aromatic heterocycles. The van der Waals surface area contributed by atoms with E-state index in [1.54, 1.807) is 6.08 Å². The van der Waals surface area contributed by atoms with Gasteiger partial charge in [0.25, 0.3) is 0 Å². The summed E-state index contributed by atoms with van der Waals surface area (Å²) in [7, 11) is 0. The highest BCUT2D eigenvalue weighted by Crippen LogP contribution is 2.26. The lowest BCUT2D eigenvalue weighted by atomic mass is 10.1. The molecular formula is C26H30N4O. The third kappa shape index (κ3) is 5.12. The van der Waals surface area contributed by atoms with Crippen molar-refractivity contribution in [1.29, 1.82) is 0 Å². The maximum absolute atomic E-state index is 12.3. The van der Waals surface area contributed by atoms with E-state index in [9.17, 15) is 4.79 Å². The Kier molecular flexibility index (Phi) is 6.33. The molecule has 1 aliphatic heterocycles. The molecule has 1 saturated heterocycles. The number of carbonyl (C=O) groups is 1. The van der Waals surface area contributed by atoms with Crippen molar-refractivity contribution in [3.63, 3.8) is 0 Å². The SMILES string of the molecule is CCN1CCN(c2nc3ccc(NC(=O)/C=C/c4ccc(C)cc4)cc3cc2C)CC1. The number of pyridine rings is 1. The van der Waals surface area contributed by atoms with Gasteiger partial charge in [0, 0.05) is 43.3 Å². The molecule has 160 valence electrons. The number of hydrogen-bond acceptors (Lipinski definition) is 4. The van der Waals surface area contributed by atoms with Gasteiger partial charge in [0.15, 0.2) is 0 Å². The Morgan fingerprint density at radius 3 is 2.48 bits per heavy atom. The summed E-state index contributed by atoms with van der Waals surface area (Å²) in [5.74, 6) is 0.927. The van der Waals surface area contributed by atoms with Crippen LogP contribution in [0.4, 0.5) is 11.5 Å². The van der Waals surface area contributed by atoms with E-state index in [2.05, 4.69) is 35.0 Å². The standard InChI is InChI=1S/C26H30N4O/c1-4-29-13-15-30(16-14-29)26-20(3)17-22-18-23(10-11-24(22)28-26)27-25(31)12-9-21-7-5-19(2)6-8-21/h5-12,17-18H,4,13-16H2,1-3H3,(H,27,31)/b12-9+. The highest BCUT2D eigenvalue weighted by atomic mass is 16.1. The summed E-state index contributed by atoms with van der Waals surface area (Å²) in [4.78, 5) is 22.1. The zero-order chi connectivity index (χ0) is 21.8. The average Bonchev–Trinajstić information content (AvgIpc) is 2.78. The molecule has 0 radical (unpaired) electrons. The Morgan fingerprint density at radius 1 is 1.03 bits per heavy atom. The second kappa shape index (κ2) is 9.31. The highest BCUT2D eigenvalue weighted by molar-refractivity contribution is 6.03. The highest BCUT2D eigenvalue weighted by Gasteiger charge is 2.18. The summed E-state index contributed by atoms with van der Waals surface area (Å²) < 4.78 is 0. The number of carbonyl (C=O) groups excluding carboxylic acids is 1. The van der Waals surface area contributed by atoms with Gasteiger partial charge in [0.2, 0.25) is 5.91 Å². The summed E-state index contributed by atoms with van der Waals surface area (Å²) in [6.07, 6.45) is 3.39. The van der Waals surface area contributed by atoms with Gasteiger partial charge in [-0.25, -0.2) is 4.98 Å². The summed E-state index contributed by atoms with van der Waals surface area (Å²) in [6.45, 7) is 11.7. The van der Waals surface area contributed by atoms with Gasteiger partial charge in [-0.2, -0.15) is 0 Å². The fourth-order valence-electron chi connectivity index (χ4n) is 3.98. The van der Waals surface area contributed by atoms with Crippen LogP contribution in [-0.2, 0) is 4.79 Å². The molecule has 31 heavy (non-hydrogen) atoms. The van der Waals surface area contributed by atoms with E-state index in [1.807, 2.05) is 55.5 Å². The Labute approximate surface area is 184 Å². The quantitative estimate of drug-likeness (QED) is 0.618. The first-order valence-corrected chi connectivity index (χ1v) is 11.0. The average molecular weight is 415 g/mol. The second-order valence-electron chi connectivity index (χ2n) is 8.19. The van der Waals surface area contributed by atoms with Crippen molar-refractivity contribution in [3.05, 3.63) is 71.3 Å². The van der Waals surface area contributed by atoms with Crippen molar-refractivity contribution >= 4 is 34.4 Å². The number of aryl methyl sites for hydroxylation is 2. The normalized spacial score (nSPS) is 15.0. The van der Waals surface area contributed by atoms with E-state index < -0.39 is 0 Å². The van der Waals surface area contributed by atoms with Gasteiger partial charge in [-0.15, -0.1) is 0 Å². The molecule has 5 heteroatoms. The minimum absolute atomic E-state index is 0.143. The molecule has 0 unspecified atom stereocenters. The lowest BCUT2D eigenvalue weighted by Crippen LogP contribution is -2.46. The monoisotopic (exact) mass is 414 g/mol. The summed E-state index contributed by atoms with van der Waals surface area (Å²) in [5, 5.41) is 3.99. The summed E-state index contributed by atoms with van der Waals surface area (Å²) in [5.41, 5.74) is 5.10. The summed E-state index contributed by atoms with van der Waals surface area (Å²) >= 11 is 0. The second-order valence-corrected chi connectivity index (χ2v) is 8.19. The van der Waals surface area contributed by atoms with Crippen LogP contribution in [0.1, 0.15) is 23.6 Å². The molecule has 5 nitrogen and oxygen atoms in total. The number of likely N-dealkylation sites (N-methyl/N-ethyl adjacent to an activating group) is 1. The molecule has 4 rings (SSSR count). The van der Waals surface area contributed by atoms with Crippen LogP contribution < -0.4 is 10.2 Å². The Balaban J connectivity index is 1.46. The number of benzene rings is 2. The molecule has 0 aliphatic carbocycles. The maximum atomic E-state index is 12.3. The minimum Gasteiger partial charge on any atom is -0.354 e. The van der Waals surface area contributed by atoms with Crippen molar-refractivity contribution in [2.75, 3.05) is 42.9 Å². The zero-order valence-corrected chi connectivity index (χ0v) is 18.6. The largest absolute Gasteiger partial charge is 0.354 e. The van der Waals surface area contributed by atoms with Crippen molar-refractivity contribution < 1.29 is 4.79 Å². The van der Waals surface area contributed by atoms with Crippen LogP contribution in [0.5, 0.6) is 0 Å². The van der Waals surface area contributed by atoms with Gasteiger partial charge in [-0.05, 0) is 61.9 Å². The third-order valence-corrected chi connectivity index (χ3v) is 5.87. The molecule has 1 N–H and O–H groups in total. The number of amides is 1. The van der Waals surface area contributed by atoms with E-state index in [0.29, 0.717) is 0 Å². The Hall–Kier alpha value is -3.18. The van der Waals surface area contributed by atoms with Crippen molar-refractivity contribution in [2.24, 2.45) is 0 Å². The van der Waals surface area contributed by atoms with E-state index in [4.69, 9.17) is 4.98 Å². The first-order valence-electron chi connectivity index (χ1n) is 11.0. The van der Waals surface area contributed by atoms with Crippen LogP contribution in [0.2, 0.25) is 0 Å². The maximum Gasteiger partial charge on any atom is 0.248 e. The number of rotatable bonds is 5.